The third-order valence-electron chi connectivity index (χ3n) is 3.62. The first-order valence-electron chi connectivity index (χ1n) is 6.38. The molecular weight excluding hydrogens is 214 g/mol. The van der Waals surface area contributed by atoms with Crippen LogP contribution in [0.4, 0.5) is 0 Å². The number of rotatable bonds is 5. The zero-order valence-corrected chi connectivity index (χ0v) is 10.6. The molecule has 1 saturated carbocycles. The number of methoxy groups -OCH3 is 1. The normalized spacial score (nSPS) is 18.2. The van der Waals surface area contributed by atoms with E-state index < -0.39 is 0 Å². The first-order valence-corrected chi connectivity index (χ1v) is 6.38. The van der Waals surface area contributed by atoms with Gasteiger partial charge in [0.25, 0.3) is 0 Å². The van der Waals surface area contributed by atoms with E-state index in [2.05, 4.69) is 15.5 Å². The molecule has 1 aromatic rings. The minimum atomic E-state index is 0.316. The summed E-state index contributed by atoms with van der Waals surface area (Å²) in [6.45, 7) is 0. The Morgan fingerprint density at radius 3 is 2.65 bits per heavy atom. The number of hydrogen-bond acceptors (Lipinski definition) is 4. The van der Waals surface area contributed by atoms with Crippen LogP contribution in [0, 0.1) is 5.92 Å². The minimum Gasteiger partial charge on any atom is -0.480 e. The Kier molecular flexibility index (Phi) is 4.31. The standard InChI is InChI=1S/C13H21N3O/c1-14-12(9-10-5-3-4-6-10)11-7-8-13(17-2)16-15-11/h7-8,10,12,14H,3-6,9H2,1-2H3. The van der Waals surface area contributed by atoms with E-state index >= 15 is 0 Å². The Morgan fingerprint density at radius 2 is 2.12 bits per heavy atom. The molecular formula is C13H21N3O. The Bertz CT molecular complexity index is 333. The molecule has 0 amide bonds. The average molecular weight is 235 g/mol. The van der Waals surface area contributed by atoms with E-state index in [1.165, 1.54) is 25.7 Å². The van der Waals surface area contributed by atoms with Gasteiger partial charge in [0.05, 0.1) is 18.8 Å². The second kappa shape index (κ2) is 5.96. The first-order chi connectivity index (χ1) is 8.33. The van der Waals surface area contributed by atoms with E-state index in [0.29, 0.717) is 11.9 Å². The summed E-state index contributed by atoms with van der Waals surface area (Å²) >= 11 is 0. The largest absolute Gasteiger partial charge is 0.480 e. The molecule has 1 unspecified atom stereocenters. The summed E-state index contributed by atoms with van der Waals surface area (Å²) in [5, 5.41) is 11.6. The highest BCUT2D eigenvalue weighted by molar-refractivity contribution is 5.14. The fraction of sp³-hybridized carbons (Fsp3) is 0.692. The van der Waals surface area contributed by atoms with Crippen LogP contribution in [0.5, 0.6) is 5.88 Å². The molecule has 0 radical (unpaired) electrons. The quantitative estimate of drug-likeness (QED) is 0.851. The molecule has 0 spiro atoms. The van der Waals surface area contributed by atoms with Crippen molar-refractivity contribution in [3.05, 3.63) is 17.8 Å². The Hall–Kier alpha value is -1.16. The number of ether oxygens (including phenoxy) is 1. The van der Waals surface area contributed by atoms with Crippen molar-refractivity contribution in [2.75, 3.05) is 14.2 Å². The van der Waals surface area contributed by atoms with Gasteiger partial charge in [-0.05, 0) is 25.5 Å². The van der Waals surface area contributed by atoms with Crippen molar-refractivity contribution < 1.29 is 4.74 Å². The van der Waals surface area contributed by atoms with Gasteiger partial charge in [-0.1, -0.05) is 25.7 Å². The maximum absolute atomic E-state index is 5.02. The maximum atomic E-state index is 5.02. The van der Waals surface area contributed by atoms with Gasteiger partial charge in [0.1, 0.15) is 0 Å². The molecule has 1 aliphatic rings. The third-order valence-corrected chi connectivity index (χ3v) is 3.62. The summed E-state index contributed by atoms with van der Waals surface area (Å²) in [5.41, 5.74) is 1.01. The lowest BCUT2D eigenvalue weighted by molar-refractivity contribution is 0.382. The summed E-state index contributed by atoms with van der Waals surface area (Å²) in [7, 11) is 3.60. The molecule has 94 valence electrons. The fourth-order valence-electron chi connectivity index (χ4n) is 2.59. The smallest absolute Gasteiger partial charge is 0.233 e. The van der Waals surface area contributed by atoms with Gasteiger partial charge in [0.15, 0.2) is 0 Å². The van der Waals surface area contributed by atoms with E-state index in [-0.39, 0.29) is 0 Å². The molecule has 1 N–H and O–H groups in total. The summed E-state index contributed by atoms with van der Waals surface area (Å²) in [6, 6.07) is 4.19. The SMILES string of the molecule is CNC(CC1CCCC1)c1ccc(OC)nn1. The van der Waals surface area contributed by atoms with Crippen molar-refractivity contribution in [1.82, 2.24) is 15.5 Å². The van der Waals surface area contributed by atoms with Crippen molar-refractivity contribution in [3.63, 3.8) is 0 Å². The summed E-state index contributed by atoms with van der Waals surface area (Å²) in [4.78, 5) is 0. The molecule has 1 fully saturated rings. The van der Waals surface area contributed by atoms with Gasteiger partial charge in [-0.15, -0.1) is 5.10 Å². The highest BCUT2D eigenvalue weighted by Crippen LogP contribution is 2.32. The van der Waals surface area contributed by atoms with Crippen LogP contribution < -0.4 is 10.1 Å². The molecule has 4 nitrogen and oxygen atoms in total. The monoisotopic (exact) mass is 235 g/mol. The summed E-state index contributed by atoms with van der Waals surface area (Å²) < 4.78 is 5.02. The molecule has 2 rings (SSSR count). The van der Waals surface area contributed by atoms with Crippen molar-refractivity contribution in [3.8, 4) is 5.88 Å². The topological polar surface area (TPSA) is 47.0 Å². The van der Waals surface area contributed by atoms with Crippen LogP contribution >= 0.6 is 0 Å². The van der Waals surface area contributed by atoms with Gasteiger partial charge in [-0.3, -0.25) is 0 Å². The number of nitrogens with one attached hydrogen (secondary N) is 1. The zero-order valence-electron chi connectivity index (χ0n) is 10.6. The van der Waals surface area contributed by atoms with Gasteiger partial charge in [-0.25, -0.2) is 0 Å². The lowest BCUT2D eigenvalue weighted by Crippen LogP contribution is -2.20. The number of hydrogen-bond donors (Lipinski definition) is 1. The Balaban J connectivity index is 2.00. The molecule has 1 aromatic heterocycles. The number of nitrogens with zero attached hydrogens (tertiary/aromatic N) is 2. The molecule has 0 aliphatic heterocycles. The van der Waals surface area contributed by atoms with Crippen molar-refractivity contribution >= 4 is 0 Å². The first kappa shape index (κ1) is 12.3. The van der Waals surface area contributed by atoms with Crippen LogP contribution in [-0.4, -0.2) is 24.4 Å². The van der Waals surface area contributed by atoms with Crippen LogP contribution in [0.3, 0.4) is 0 Å². The second-order valence-electron chi connectivity index (χ2n) is 4.73. The molecule has 0 aromatic carbocycles. The van der Waals surface area contributed by atoms with E-state index in [0.717, 1.165) is 18.0 Å². The van der Waals surface area contributed by atoms with Gasteiger partial charge in [0, 0.05) is 6.07 Å². The van der Waals surface area contributed by atoms with Gasteiger partial charge >= 0.3 is 0 Å². The van der Waals surface area contributed by atoms with E-state index in [1.807, 2.05) is 19.2 Å². The van der Waals surface area contributed by atoms with Crippen LogP contribution in [0.1, 0.15) is 43.8 Å². The molecule has 4 heteroatoms. The third kappa shape index (κ3) is 3.16. The molecule has 0 saturated heterocycles. The fourth-order valence-corrected chi connectivity index (χ4v) is 2.59. The molecule has 0 bridgehead atoms. The molecule has 1 atom stereocenters. The van der Waals surface area contributed by atoms with Crippen molar-refractivity contribution in [2.45, 2.75) is 38.1 Å². The predicted octanol–water partition coefficient (Wildman–Crippen LogP) is 2.33. The minimum absolute atomic E-state index is 0.316. The van der Waals surface area contributed by atoms with Crippen LogP contribution in [0.25, 0.3) is 0 Å². The lowest BCUT2D eigenvalue weighted by atomic mass is 9.96. The Labute approximate surface area is 103 Å². The zero-order chi connectivity index (χ0) is 12.1. The van der Waals surface area contributed by atoms with Gasteiger partial charge in [-0.2, -0.15) is 5.10 Å². The highest BCUT2D eigenvalue weighted by atomic mass is 16.5. The van der Waals surface area contributed by atoms with E-state index in [9.17, 15) is 0 Å². The molecule has 1 aliphatic carbocycles. The van der Waals surface area contributed by atoms with E-state index in [4.69, 9.17) is 4.74 Å². The maximum Gasteiger partial charge on any atom is 0.233 e. The van der Waals surface area contributed by atoms with Crippen LogP contribution in [0.2, 0.25) is 0 Å². The lowest BCUT2D eigenvalue weighted by Gasteiger charge is -2.19. The summed E-state index contributed by atoms with van der Waals surface area (Å²) in [6.07, 6.45) is 6.66. The van der Waals surface area contributed by atoms with Crippen LogP contribution in [-0.2, 0) is 0 Å². The van der Waals surface area contributed by atoms with Crippen LogP contribution in [0.15, 0.2) is 12.1 Å². The van der Waals surface area contributed by atoms with Crippen molar-refractivity contribution in [1.29, 1.82) is 0 Å². The van der Waals surface area contributed by atoms with Gasteiger partial charge < -0.3 is 10.1 Å². The van der Waals surface area contributed by atoms with Gasteiger partial charge in [0.2, 0.25) is 5.88 Å². The van der Waals surface area contributed by atoms with E-state index in [1.54, 1.807) is 7.11 Å². The Morgan fingerprint density at radius 1 is 1.35 bits per heavy atom. The highest BCUT2D eigenvalue weighted by Gasteiger charge is 2.21. The second-order valence-corrected chi connectivity index (χ2v) is 4.73. The predicted molar refractivity (Wildman–Crippen MR) is 67.0 cm³/mol. The molecule has 1 heterocycles. The number of aromatic nitrogens is 2. The average Bonchev–Trinajstić information content (AvgIpc) is 2.89. The summed E-state index contributed by atoms with van der Waals surface area (Å²) in [5.74, 6) is 1.42. The van der Waals surface area contributed by atoms with Crippen molar-refractivity contribution in [2.24, 2.45) is 5.92 Å². The molecule has 17 heavy (non-hydrogen) atoms.